The monoisotopic (exact) mass is 266 g/mol. The molecule has 2 heterocycles. The zero-order valence-corrected chi connectivity index (χ0v) is 11.6. The van der Waals surface area contributed by atoms with Crippen molar-refractivity contribution in [3.8, 4) is 0 Å². The molecule has 106 valence electrons. The molecule has 0 bridgehead atoms. The molecule has 7 heteroatoms. The summed E-state index contributed by atoms with van der Waals surface area (Å²) in [4.78, 5) is 14.4. The Morgan fingerprint density at radius 2 is 2.26 bits per heavy atom. The molecule has 1 saturated heterocycles. The van der Waals surface area contributed by atoms with Crippen LogP contribution in [0.3, 0.4) is 0 Å². The lowest BCUT2D eigenvalue weighted by Gasteiger charge is -2.30. The van der Waals surface area contributed by atoms with E-state index in [0.29, 0.717) is 18.2 Å². The van der Waals surface area contributed by atoms with Gasteiger partial charge in [0.1, 0.15) is 0 Å². The van der Waals surface area contributed by atoms with Gasteiger partial charge in [-0.2, -0.15) is 5.21 Å². The normalized spacial score (nSPS) is 19.3. The molecule has 19 heavy (non-hydrogen) atoms. The molecule has 0 aromatic carbocycles. The van der Waals surface area contributed by atoms with Crippen LogP contribution in [0.1, 0.15) is 45.0 Å². The highest BCUT2D eigenvalue weighted by atomic mass is 16.1. The lowest BCUT2D eigenvalue weighted by Crippen LogP contribution is -2.36. The Kier molecular flexibility index (Phi) is 4.84. The minimum absolute atomic E-state index is 0.0762. The van der Waals surface area contributed by atoms with Gasteiger partial charge in [0.15, 0.2) is 5.82 Å². The Labute approximate surface area is 113 Å². The summed E-state index contributed by atoms with van der Waals surface area (Å²) in [7, 11) is 0. The summed E-state index contributed by atoms with van der Waals surface area (Å²) < 4.78 is 0. The van der Waals surface area contributed by atoms with Gasteiger partial charge in [-0.25, -0.2) is 0 Å². The highest BCUT2D eigenvalue weighted by Crippen LogP contribution is 2.20. The Morgan fingerprint density at radius 1 is 1.53 bits per heavy atom. The molecular formula is C12H22N6O. The first-order chi connectivity index (χ1) is 9.19. The Morgan fingerprint density at radius 3 is 2.84 bits per heavy atom. The number of hydrogen-bond acceptors (Lipinski definition) is 5. The molecular weight excluding hydrogens is 244 g/mol. The number of rotatable bonds is 5. The largest absolute Gasteiger partial charge is 0.346 e. The summed E-state index contributed by atoms with van der Waals surface area (Å²) in [5, 5.41) is 16.5. The molecule has 7 nitrogen and oxygen atoms in total. The van der Waals surface area contributed by atoms with E-state index in [0.717, 1.165) is 32.5 Å². The van der Waals surface area contributed by atoms with Gasteiger partial charge in [0.2, 0.25) is 5.91 Å². The van der Waals surface area contributed by atoms with E-state index in [2.05, 4.69) is 37.8 Å². The van der Waals surface area contributed by atoms with E-state index in [-0.39, 0.29) is 11.9 Å². The van der Waals surface area contributed by atoms with Crippen molar-refractivity contribution in [2.45, 2.75) is 39.2 Å². The van der Waals surface area contributed by atoms with Gasteiger partial charge >= 0.3 is 0 Å². The van der Waals surface area contributed by atoms with Crippen LogP contribution in [-0.4, -0.2) is 51.1 Å². The molecule has 1 fully saturated rings. The molecule has 0 saturated carbocycles. The van der Waals surface area contributed by atoms with E-state index in [1.807, 2.05) is 6.92 Å². The molecule has 2 rings (SSSR count). The van der Waals surface area contributed by atoms with Crippen LogP contribution in [0.5, 0.6) is 0 Å². The molecule has 1 aliphatic heterocycles. The smallest absolute Gasteiger partial charge is 0.220 e. The Balaban J connectivity index is 1.73. The molecule has 0 unspecified atom stereocenters. The zero-order valence-electron chi connectivity index (χ0n) is 11.6. The van der Waals surface area contributed by atoms with Crippen LogP contribution < -0.4 is 5.32 Å². The summed E-state index contributed by atoms with van der Waals surface area (Å²) in [6, 6.07) is -0.193. The average molecular weight is 266 g/mol. The number of amides is 1. The van der Waals surface area contributed by atoms with Gasteiger partial charge in [0.05, 0.1) is 6.04 Å². The number of aromatic nitrogens is 4. The molecule has 1 aromatic rings. The van der Waals surface area contributed by atoms with Gasteiger partial charge in [-0.15, -0.1) is 10.2 Å². The molecule has 2 N–H and O–H groups in total. The summed E-state index contributed by atoms with van der Waals surface area (Å²) >= 11 is 0. The number of hydrogen-bond donors (Lipinski definition) is 2. The first-order valence-electron chi connectivity index (χ1n) is 6.94. The third-order valence-corrected chi connectivity index (χ3v) is 3.75. The summed E-state index contributed by atoms with van der Waals surface area (Å²) in [5.41, 5.74) is 0. The van der Waals surface area contributed by atoms with Crippen molar-refractivity contribution in [1.82, 2.24) is 30.8 Å². The second kappa shape index (κ2) is 6.60. The van der Waals surface area contributed by atoms with Crippen molar-refractivity contribution in [3.63, 3.8) is 0 Å². The van der Waals surface area contributed by atoms with Crippen molar-refractivity contribution < 1.29 is 4.79 Å². The Bertz CT molecular complexity index is 385. The SMILES string of the molecule is CCN1CCC(CC(=O)N[C@H](C)c2nn[nH]n2)CC1. The van der Waals surface area contributed by atoms with E-state index < -0.39 is 0 Å². The number of carbonyl (C=O) groups excluding carboxylic acids is 1. The molecule has 1 aromatic heterocycles. The number of carbonyl (C=O) groups is 1. The van der Waals surface area contributed by atoms with Crippen LogP contribution in [0, 0.1) is 5.92 Å². The summed E-state index contributed by atoms with van der Waals surface area (Å²) in [6.07, 6.45) is 2.81. The highest BCUT2D eigenvalue weighted by molar-refractivity contribution is 5.76. The first kappa shape index (κ1) is 13.9. The third-order valence-electron chi connectivity index (χ3n) is 3.75. The van der Waals surface area contributed by atoms with Crippen LogP contribution in [0.4, 0.5) is 0 Å². The number of nitrogens with one attached hydrogen (secondary N) is 2. The van der Waals surface area contributed by atoms with Crippen LogP contribution in [0.25, 0.3) is 0 Å². The van der Waals surface area contributed by atoms with Crippen molar-refractivity contribution in [2.75, 3.05) is 19.6 Å². The number of aromatic amines is 1. The quantitative estimate of drug-likeness (QED) is 0.810. The zero-order chi connectivity index (χ0) is 13.7. The van der Waals surface area contributed by atoms with E-state index in [4.69, 9.17) is 0 Å². The second-order valence-electron chi connectivity index (χ2n) is 5.14. The van der Waals surface area contributed by atoms with E-state index in [9.17, 15) is 4.79 Å². The highest BCUT2D eigenvalue weighted by Gasteiger charge is 2.22. The van der Waals surface area contributed by atoms with Crippen molar-refractivity contribution >= 4 is 5.91 Å². The number of tetrazole rings is 1. The van der Waals surface area contributed by atoms with E-state index in [1.165, 1.54) is 0 Å². The molecule has 0 radical (unpaired) electrons. The molecule has 1 aliphatic rings. The van der Waals surface area contributed by atoms with Gasteiger partial charge in [0, 0.05) is 6.42 Å². The van der Waals surface area contributed by atoms with Crippen molar-refractivity contribution in [3.05, 3.63) is 5.82 Å². The van der Waals surface area contributed by atoms with Gasteiger partial charge < -0.3 is 10.2 Å². The number of piperidine rings is 1. The van der Waals surface area contributed by atoms with Gasteiger partial charge in [-0.05, 0) is 45.3 Å². The Hall–Kier alpha value is -1.50. The molecule has 1 atom stereocenters. The molecule has 0 aliphatic carbocycles. The fraction of sp³-hybridized carbons (Fsp3) is 0.833. The standard InChI is InChI=1S/C12H22N6O/c1-3-18-6-4-10(5-7-18)8-11(19)13-9(2)12-14-16-17-15-12/h9-10H,3-8H2,1-2H3,(H,13,19)(H,14,15,16,17)/t9-/m1/s1. The van der Waals surface area contributed by atoms with Gasteiger partial charge in [-0.1, -0.05) is 12.1 Å². The maximum atomic E-state index is 12.0. The first-order valence-corrected chi connectivity index (χ1v) is 6.94. The number of nitrogens with zero attached hydrogens (tertiary/aromatic N) is 4. The van der Waals surface area contributed by atoms with Crippen LogP contribution in [-0.2, 0) is 4.79 Å². The van der Waals surface area contributed by atoms with Crippen LogP contribution >= 0.6 is 0 Å². The number of likely N-dealkylation sites (tertiary alicyclic amines) is 1. The van der Waals surface area contributed by atoms with Gasteiger partial charge in [0.25, 0.3) is 0 Å². The van der Waals surface area contributed by atoms with E-state index in [1.54, 1.807) is 0 Å². The summed E-state index contributed by atoms with van der Waals surface area (Å²) in [6.45, 7) is 7.36. The van der Waals surface area contributed by atoms with E-state index >= 15 is 0 Å². The minimum Gasteiger partial charge on any atom is -0.346 e. The molecule has 1 amide bonds. The number of H-pyrrole nitrogens is 1. The van der Waals surface area contributed by atoms with Gasteiger partial charge in [-0.3, -0.25) is 4.79 Å². The fourth-order valence-corrected chi connectivity index (χ4v) is 2.49. The predicted molar refractivity (Wildman–Crippen MR) is 70.2 cm³/mol. The predicted octanol–water partition coefficient (Wildman–Crippen LogP) is 0.499. The van der Waals surface area contributed by atoms with Crippen molar-refractivity contribution in [1.29, 1.82) is 0 Å². The lowest BCUT2D eigenvalue weighted by molar-refractivity contribution is -0.123. The van der Waals surface area contributed by atoms with Crippen LogP contribution in [0.15, 0.2) is 0 Å². The minimum atomic E-state index is -0.193. The average Bonchev–Trinajstić information content (AvgIpc) is 2.93. The topological polar surface area (TPSA) is 86.8 Å². The third kappa shape index (κ3) is 3.99. The lowest BCUT2D eigenvalue weighted by atomic mass is 9.93. The van der Waals surface area contributed by atoms with Crippen molar-refractivity contribution in [2.24, 2.45) is 5.92 Å². The molecule has 0 spiro atoms. The maximum absolute atomic E-state index is 12.0. The maximum Gasteiger partial charge on any atom is 0.220 e. The fourth-order valence-electron chi connectivity index (χ4n) is 2.49. The second-order valence-corrected chi connectivity index (χ2v) is 5.14. The summed E-state index contributed by atoms with van der Waals surface area (Å²) in [5.74, 6) is 1.10. The van der Waals surface area contributed by atoms with Crippen LogP contribution in [0.2, 0.25) is 0 Å².